The van der Waals surface area contributed by atoms with Gasteiger partial charge in [-0.2, -0.15) is 5.10 Å². The number of nitrogens with one attached hydrogen (secondary N) is 1. The zero-order valence-corrected chi connectivity index (χ0v) is 14.1. The molecule has 136 valence electrons. The Balaban J connectivity index is 2.09. The molecule has 26 heavy (non-hydrogen) atoms. The van der Waals surface area contributed by atoms with Gasteiger partial charge in [-0.25, -0.2) is 5.43 Å². The van der Waals surface area contributed by atoms with Crippen molar-refractivity contribution in [3.8, 4) is 17.2 Å². The molecule has 2 aromatic rings. The van der Waals surface area contributed by atoms with Crippen molar-refractivity contribution in [1.82, 2.24) is 5.43 Å². The number of rotatable bonds is 7. The Kier molecular flexibility index (Phi) is 6.10. The van der Waals surface area contributed by atoms with E-state index in [-0.39, 0.29) is 35.3 Å². The normalized spacial score (nSPS) is 10.5. The number of hydrazone groups is 1. The van der Waals surface area contributed by atoms with Gasteiger partial charge in [0.15, 0.2) is 5.75 Å². The number of phenols is 1. The summed E-state index contributed by atoms with van der Waals surface area (Å²) in [6, 6.07) is 8.97. The van der Waals surface area contributed by atoms with E-state index in [2.05, 4.69) is 10.5 Å². The molecule has 0 bridgehead atoms. The number of ether oxygens (including phenoxy) is 2. The van der Waals surface area contributed by atoms with E-state index in [4.69, 9.17) is 9.47 Å². The van der Waals surface area contributed by atoms with E-state index in [1.54, 1.807) is 12.1 Å². The van der Waals surface area contributed by atoms with Crippen molar-refractivity contribution in [2.75, 3.05) is 14.2 Å². The van der Waals surface area contributed by atoms with Crippen molar-refractivity contribution in [1.29, 1.82) is 0 Å². The molecule has 2 aromatic carbocycles. The second-order valence-electron chi connectivity index (χ2n) is 5.17. The van der Waals surface area contributed by atoms with E-state index in [0.717, 1.165) is 0 Å². The minimum absolute atomic E-state index is 0.00557. The molecule has 0 aliphatic heterocycles. The Labute approximate surface area is 149 Å². The Morgan fingerprint density at radius 3 is 2.54 bits per heavy atom. The number of nitro groups is 1. The van der Waals surface area contributed by atoms with Crippen molar-refractivity contribution >= 4 is 17.8 Å². The number of hydrogen-bond donors (Lipinski definition) is 2. The summed E-state index contributed by atoms with van der Waals surface area (Å²) in [7, 11) is 2.67. The second-order valence-corrected chi connectivity index (χ2v) is 5.17. The first kappa shape index (κ1) is 18.7. The van der Waals surface area contributed by atoms with Crippen molar-refractivity contribution in [2.24, 2.45) is 5.10 Å². The van der Waals surface area contributed by atoms with Gasteiger partial charge in [0.1, 0.15) is 5.75 Å². The molecule has 0 radical (unpaired) electrons. The molecule has 0 atom stereocenters. The fourth-order valence-electron chi connectivity index (χ4n) is 2.19. The summed E-state index contributed by atoms with van der Waals surface area (Å²) in [5, 5.41) is 24.2. The highest BCUT2D eigenvalue weighted by molar-refractivity contribution is 5.85. The maximum Gasteiger partial charge on any atom is 0.315 e. The monoisotopic (exact) mass is 359 g/mol. The fraction of sp³-hybridized carbons (Fsp3) is 0.176. The summed E-state index contributed by atoms with van der Waals surface area (Å²) in [4.78, 5) is 22.4. The first-order chi connectivity index (χ1) is 12.4. The molecule has 0 aromatic heterocycles. The molecule has 2 N–H and O–H groups in total. The number of benzene rings is 2. The summed E-state index contributed by atoms with van der Waals surface area (Å²) >= 11 is 0. The first-order valence-corrected chi connectivity index (χ1v) is 7.44. The van der Waals surface area contributed by atoms with Gasteiger partial charge in [0.25, 0.3) is 0 Å². The number of phenolic OH excluding ortho intramolecular Hbond substituents is 1. The van der Waals surface area contributed by atoms with Gasteiger partial charge in [0.2, 0.25) is 11.7 Å². The molecule has 0 aliphatic carbocycles. The summed E-state index contributed by atoms with van der Waals surface area (Å²) in [6.45, 7) is 0. The molecule has 0 saturated heterocycles. The van der Waals surface area contributed by atoms with Crippen LogP contribution in [0.15, 0.2) is 41.5 Å². The number of nitro benzene ring substituents is 1. The van der Waals surface area contributed by atoms with Crippen LogP contribution in [0.5, 0.6) is 17.2 Å². The lowest BCUT2D eigenvalue weighted by atomic mass is 10.1. The third kappa shape index (κ3) is 4.69. The third-order valence-corrected chi connectivity index (χ3v) is 3.38. The molecule has 0 heterocycles. The van der Waals surface area contributed by atoms with Crippen LogP contribution in [-0.4, -0.2) is 36.4 Å². The van der Waals surface area contributed by atoms with E-state index in [1.165, 1.54) is 44.7 Å². The number of hydrogen-bond acceptors (Lipinski definition) is 7. The van der Waals surface area contributed by atoms with Crippen LogP contribution >= 0.6 is 0 Å². The fourth-order valence-corrected chi connectivity index (χ4v) is 2.19. The average Bonchev–Trinajstić information content (AvgIpc) is 2.62. The Morgan fingerprint density at radius 2 is 1.96 bits per heavy atom. The van der Waals surface area contributed by atoms with Gasteiger partial charge in [0.05, 0.1) is 31.8 Å². The van der Waals surface area contributed by atoms with E-state index >= 15 is 0 Å². The van der Waals surface area contributed by atoms with Crippen LogP contribution < -0.4 is 14.9 Å². The van der Waals surface area contributed by atoms with Crippen LogP contribution in [0.25, 0.3) is 0 Å². The Morgan fingerprint density at radius 1 is 1.27 bits per heavy atom. The molecule has 9 nitrogen and oxygen atoms in total. The van der Waals surface area contributed by atoms with Gasteiger partial charge < -0.3 is 14.6 Å². The van der Waals surface area contributed by atoms with Crippen molar-refractivity contribution in [3.05, 3.63) is 57.6 Å². The van der Waals surface area contributed by atoms with Gasteiger partial charge in [-0.05, 0) is 23.8 Å². The third-order valence-electron chi connectivity index (χ3n) is 3.38. The molecule has 1 amide bonds. The minimum atomic E-state index is -0.595. The maximum absolute atomic E-state index is 11.8. The summed E-state index contributed by atoms with van der Waals surface area (Å²) in [5.74, 6) is -0.0753. The highest BCUT2D eigenvalue weighted by Gasteiger charge is 2.21. The molecule has 0 fully saturated rings. The van der Waals surface area contributed by atoms with Crippen LogP contribution in [0, 0.1) is 10.1 Å². The van der Waals surface area contributed by atoms with Gasteiger partial charge in [-0.1, -0.05) is 12.1 Å². The number of carbonyl (C=O) groups is 1. The number of carbonyl (C=O) groups excluding carboxylic acids is 1. The van der Waals surface area contributed by atoms with E-state index in [0.29, 0.717) is 11.1 Å². The highest BCUT2D eigenvalue weighted by Crippen LogP contribution is 2.37. The van der Waals surface area contributed by atoms with Gasteiger partial charge in [-0.3, -0.25) is 14.9 Å². The zero-order chi connectivity index (χ0) is 19.1. The van der Waals surface area contributed by atoms with Crippen LogP contribution in [-0.2, 0) is 11.2 Å². The molecular weight excluding hydrogens is 342 g/mol. The highest BCUT2D eigenvalue weighted by atomic mass is 16.6. The largest absolute Gasteiger partial charge is 0.508 e. The molecular formula is C17H17N3O6. The van der Waals surface area contributed by atoms with Crippen molar-refractivity contribution in [3.63, 3.8) is 0 Å². The smallest absolute Gasteiger partial charge is 0.315 e. The van der Waals surface area contributed by atoms with Crippen LogP contribution in [0.4, 0.5) is 5.69 Å². The lowest BCUT2D eigenvalue weighted by molar-refractivity contribution is -0.385. The SMILES string of the molecule is COc1cc(/C=N\NC(=O)Cc2ccc(O)cc2)cc([N+](=O)[O-])c1OC. The van der Waals surface area contributed by atoms with Crippen molar-refractivity contribution < 1.29 is 24.3 Å². The topological polar surface area (TPSA) is 123 Å². The van der Waals surface area contributed by atoms with E-state index in [1.807, 2.05) is 0 Å². The zero-order valence-electron chi connectivity index (χ0n) is 14.1. The van der Waals surface area contributed by atoms with Crippen molar-refractivity contribution in [2.45, 2.75) is 6.42 Å². The standard InChI is InChI=1S/C17H17N3O6/c1-25-15-8-12(7-14(20(23)24)17(15)26-2)10-18-19-16(22)9-11-3-5-13(21)6-4-11/h3-8,10,21H,9H2,1-2H3,(H,19,22)/b18-10-. The van der Waals surface area contributed by atoms with Gasteiger partial charge in [0, 0.05) is 11.6 Å². The minimum Gasteiger partial charge on any atom is -0.508 e. The van der Waals surface area contributed by atoms with E-state index in [9.17, 15) is 20.0 Å². The molecule has 0 aliphatic rings. The summed E-state index contributed by atoms with van der Waals surface area (Å²) in [6.07, 6.45) is 1.34. The lowest BCUT2D eigenvalue weighted by Gasteiger charge is -2.08. The first-order valence-electron chi connectivity index (χ1n) is 7.44. The van der Waals surface area contributed by atoms with Crippen LogP contribution in [0.1, 0.15) is 11.1 Å². The quantitative estimate of drug-likeness (QED) is 0.443. The van der Waals surface area contributed by atoms with E-state index < -0.39 is 4.92 Å². The molecule has 0 saturated carbocycles. The molecule has 9 heteroatoms. The lowest BCUT2D eigenvalue weighted by Crippen LogP contribution is -2.19. The van der Waals surface area contributed by atoms with Gasteiger partial charge >= 0.3 is 5.69 Å². The Bertz CT molecular complexity index is 833. The summed E-state index contributed by atoms with van der Waals surface area (Å²) < 4.78 is 10.1. The van der Waals surface area contributed by atoms with Gasteiger partial charge in [-0.15, -0.1) is 0 Å². The predicted molar refractivity (Wildman–Crippen MR) is 93.7 cm³/mol. The molecule has 2 rings (SSSR count). The number of nitrogens with zero attached hydrogens (tertiary/aromatic N) is 2. The average molecular weight is 359 g/mol. The number of aromatic hydroxyl groups is 1. The Hall–Kier alpha value is -3.62. The molecule has 0 unspecified atom stereocenters. The maximum atomic E-state index is 11.8. The molecule has 0 spiro atoms. The summed E-state index contributed by atoms with van der Waals surface area (Å²) in [5.41, 5.74) is 3.13. The van der Waals surface area contributed by atoms with Crippen LogP contribution in [0.2, 0.25) is 0 Å². The predicted octanol–water partition coefficient (Wildman–Crippen LogP) is 2.01. The second kappa shape index (κ2) is 8.47. The number of methoxy groups -OCH3 is 2. The van der Waals surface area contributed by atoms with Crippen LogP contribution in [0.3, 0.4) is 0 Å². The number of amides is 1.